The first-order chi connectivity index (χ1) is 14.2. The van der Waals surface area contributed by atoms with Crippen LogP contribution in [-0.4, -0.2) is 25.6 Å². The predicted molar refractivity (Wildman–Crippen MR) is 117 cm³/mol. The van der Waals surface area contributed by atoms with Gasteiger partial charge in [0.25, 0.3) is 5.91 Å². The second-order valence-electron chi connectivity index (χ2n) is 7.34. The molecule has 0 spiro atoms. The minimum absolute atomic E-state index is 0.0357. The summed E-state index contributed by atoms with van der Waals surface area (Å²) in [7, 11) is 0. The minimum Gasteiger partial charge on any atom is -0.494 e. The Hall–Kier alpha value is -2.63. The van der Waals surface area contributed by atoms with Gasteiger partial charge >= 0.3 is 0 Å². The summed E-state index contributed by atoms with van der Waals surface area (Å²) >= 11 is 1.77. The lowest BCUT2D eigenvalue weighted by molar-refractivity contribution is -0.945. The fourth-order valence-corrected chi connectivity index (χ4v) is 4.89. The molecule has 0 aliphatic carbocycles. The average molecular weight is 408 g/mol. The van der Waals surface area contributed by atoms with Gasteiger partial charge in [0.05, 0.1) is 24.6 Å². The SMILES string of the molecule is CCOc1ccc(C(=O)NC[C@@H](c2cccs2)[NH+]2CCc3ccccc3C2)cc1. The summed E-state index contributed by atoms with van der Waals surface area (Å²) in [5.41, 5.74) is 3.55. The van der Waals surface area contributed by atoms with Gasteiger partial charge in [-0.15, -0.1) is 11.3 Å². The molecule has 0 saturated heterocycles. The van der Waals surface area contributed by atoms with E-state index in [1.807, 2.05) is 31.2 Å². The van der Waals surface area contributed by atoms with E-state index in [0.717, 1.165) is 25.3 Å². The van der Waals surface area contributed by atoms with Crippen molar-refractivity contribution in [3.63, 3.8) is 0 Å². The number of hydrogen-bond acceptors (Lipinski definition) is 3. The van der Waals surface area contributed by atoms with Crippen molar-refractivity contribution >= 4 is 17.2 Å². The third-order valence-electron chi connectivity index (χ3n) is 5.53. The highest BCUT2D eigenvalue weighted by Crippen LogP contribution is 2.19. The van der Waals surface area contributed by atoms with E-state index < -0.39 is 0 Å². The third-order valence-corrected chi connectivity index (χ3v) is 6.51. The van der Waals surface area contributed by atoms with E-state index in [0.29, 0.717) is 18.7 Å². The highest BCUT2D eigenvalue weighted by Gasteiger charge is 2.29. The minimum atomic E-state index is -0.0357. The van der Waals surface area contributed by atoms with Crippen LogP contribution in [0.2, 0.25) is 0 Å². The molecule has 4 nitrogen and oxygen atoms in total. The molecule has 1 amide bonds. The van der Waals surface area contributed by atoms with Crippen molar-refractivity contribution in [3.05, 3.63) is 87.6 Å². The number of carbonyl (C=O) groups excluding carboxylic acids is 1. The van der Waals surface area contributed by atoms with Gasteiger partial charge in [0.15, 0.2) is 0 Å². The van der Waals surface area contributed by atoms with Crippen LogP contribution in [-0.2, 0) is 13.0 Å². The number of hydrogen-bond donors (Lipinski definition) is 2. The largest absolute Gasteiger partial charge is 0.494 e. The first kappa shape index (κ1) is 19.7. The van der Waals surface area contributed by atoms with Crippen LogP contribution in [0.3, 0.4) is 0 Å². The zero-order chi connectivity index (χ0) is 20.1. The number of quaternary nitrogens is 1. The van der Waals surface area contributed by atoms with Gasteiger partial charge in [-0.2, -0.15) is 0 Å². The summed E-state index contributed by atoms with van der Waals surface area (Å²) in [4.78, 5) is 15.5. The molecule has 2 atom stereocenters. The highest BCUT2D eigenvalue weighted by molar-refractivity contribution is 7.10. The van der Waals surface area contributed by atoms with Gasteiger partial charge in [0, 0.05) is 17.5 Å². The van der Waals surface area contributed by atoms with E-state index in [-0.39, 0.29) is 11.9 Å². The second-order valence-corrected chi connectivity index (χ2v) is 8.32. The summed E-state index contributed by atoms with van der Waals surface area (Å²) in [5, 5.41) is 5.29. The van der Waals surface area contributed by atoms with Crippen molar-refractivity contribution in [3.8, 4) is 5.75 Å². The molecule has 3 aromatic rings. The molecule has 1 aliphatic rings. The van der Waals surface area contributed by atoms with Gasteiger partial charge in [0.2, 0.25) is 0 Å². The number of amides is 1. The Morgan fingerprint density at radius 2 is 1.90 bits per heavy atom. The standard InChI is InChI=1S/C24H26N2O2S/c1-2-28-21-11-9-19(10-12-21)24(27)25-16-22(23-8-5-15-29-23)26-14-13-18-6-3-4-7-20(18)17-26/h3-12,15,22H,2,13-14,16-17H2,1H3,(H,25,27)/p+1/t22-/m0/s1. The van der Waals surface area contributed by atoms with E-state index >= 15 is 0 Å². The quantitative estimate of drug-likeness (QED) is 0.631. The number of carbonyl (C=O) groups is 1. The molecule has 2 N–H and O–H groups in total. The second kappa shape index (κ2) is 9.25. The molecule has 0 radical (unpaired) electrons. The number of thiophene rings is 1. The topological polar surface area (TPSA) is 42.8 Å². The van der Waals surface area contributed by atoms with Gasteiger partial charge in [-0.1, -0.05) is 30.3 Å². The van der Waals surface area contributed by atoms with Crippen molar-refractivity contribution in [2.24, 2.45) is 0 Å². The summed E-state index contributed by atoms with van der Waals surface area (Å²) in [5.74, 6) is 0.753. The Morgan fingerprint density at radius 3 is 2.62 bits per heavy atom. The smallest absolute Gasteiger partial charge is 0.251 e. The summed E-state index contributed by atoms with van der Waals surface area (Å²) in [6.07, 6.45) is 1.08. The number of benzene rings is 2. The molecule has 4 rings (SSSR count). The predicted octanol–water partition coefficient (Wildman–Crippen LogP) is 3.26. The summed E-state index contributed by atoms with van der Waals surface area (Å²) in [6, 6.07) is 20.6. The van der Waals surface area contributed by atoms with Gasteiger partial charge in [-0.3, -0.25) is 4.79 Å². The van der Waals surface area contributed by atoms with E-state index in [9.17, 15) is 4.79 Å². The average Bonchev–Trinajstić information content (AvgIpc) is 3.29. The normalized spacial score (nSPS) is 16.7. The Balaban J connectivity index is 1.45. The fraction of sp³-hybridized carbons (Fsp3) is 0.292. The number of fused-ring (bicyclic) bond motifs is 1. The van der Waals surface area contributed by atoms with Crippen LogP contribution in [0.15, 0.2) is 66.0 Å². The number of nitrogens with one attached hydrogen (secondary N) is 2. The van der Waals surface area contributed by atoms with E-state index in [1.165, 1.54) is 20.9 Å². The molecule has 0 saturated carbocycles. The molecule has 150 valence electrons. The highest BCUT2D eigenvalue weighted by atomic mass is 32.1. The van der Waals surface area contributed by atoms with E-state index in [4.69, 9.17) is 4.74 Å². The van der Waals surface area contributed by atoms with Crippen molar-refractivity contribution in [2.75, 3.05) is 19.7 Å². The van der Waals surface area contributed by atoms with Crippen molar-refractivity contribution in [1.82, 2.24) is 5.32 Å². The Labute approximate surface area is 176 Å². The van der Waals surface area contributed by atoms with Crippen LogP contribution in [0.1, 0.15) is 39.3 Å². The zero-order valence-corrected chi connectivity index (χ0v) is 17.5. The number of rotatable bonds is 7. The fourth-order valence-electron chi connectivity index (χ4n) is 4.00. The zero-order valence-electron chi connectivity index (χ0n) is 16.7. The lowest BCUT2D eigenvalue weighted by atomic mass is 9.98. The molecule has 1 aliphatic heterocycles. The Bertz CT molecular complexity index is 938. The molecular formula is C24H27N2O2S+. The Kier molecular flexibility index (Phi) is 6.27. The van der Waals surface area contributed by atoms with Crippen LogP contribution in [0.4, 0.5) is 0 Å². The van der Waals surface area contributed by atoms with Gasteiger partial charge in [0.1, 0.15) is 18.3 Å². The van der Waals surface area contributed by atoms with E-state index in [1.54, 1.807) is 11.3 Å². The molecule has 29 heavy (non-hydrogen) atoms. The van der Waals surface area contributed by atoms with Crippen LogP contribution >= 0.6 is 11.3 Å². The molecular weight excluding hydrogens is 380 g/mol. The van der Waals surface area contributed by atoms with E-state index in [2.05, 4.69) is 47.1 Å². The molecule has 2 heterocycles. The van der Waals surface area contributed by atoms with Gasteiger partial charge < -0.3 is 15.0 Å². The maximum Gasteiger partial charge on any atom is 0.251 e. The van der Waals surface area contributed by atoms with Gasteiger partial charge in [-0.05, 0) is 48.2 Å². The maximum atomic E-state index is 12.7. The van der Waals surface area contributed by atoms with Crippen molar-refractivity contribution in [1.29, 1.82) is 0 Å². The lowest BCUT2D eigenvalue weighted by Gasteiger charge is -2.32. The van der Waals surface area contributed by atoms with Crippen molar-refractivity contribution < 1.29 is 14.4 Å². The maximum absolute atomic E-state index is 12.7. The molecule has 0 fully saturated rings. The lowest BCUT2D eigenvalue weighted by Crippen LogP contribution is -3.12. The molecule has 1 aromatic heterocycles. The van der Waals surface area contributed by atoms with Crippen LogP contribution in [0, 0.1) is 0 Å². The van der Waals surface area contributed by atoms with Gasteiger partial charge in [-0.25, -0.2) is 0 Å². The molecule has 0 bridgehead atoms. The third kappa shape index (κ3) is 4.69. The first-order valence-electron chi connectivity index (χ1n) is 10.2. The monoisotopic (exact) mass is 407 g/mol. The van der Waals surface area contributed by atoms with Crippen LogP contribution in [0.5, 0.6) is 5.75 Å². The summed E-state index contributed by atoms with van der Waals surface area (Å²) in [6.45, 7) is 5.28. The Morgan fingerprint density at radius 1 is 1.10 bits per heavy atom. The first-order valence-corrected chi connectivity index (χ1v) is 11.1. The van der Waals surface area contributed by atoms with Crippen LogP contribution in [0.25, 0.3) is 0 Å². The molecule has 5 heteroatoms. The molecule has 1 unspecified atom stereocenters. The summed E-state index contributed by atoms with van der Waals surface area (Å²) < 4.78 is 5.46. The van der Waals surface area contributed by atoms with Crippen LogP contribution < -0.4 is 15.0 Å². The number of ether oxygens (including phenoxy) is 1. The molecule has 2 aromatic carbocycles. The van der Waals surface area contributed by atoms with Crippen molar-refractivity contribution in [2.45, 2.75) is 25.9 Å².